The van der Waals surface area contributed by atoms with E-state index in [4.69, 9.17) is 5.26 Å². The zero-order valence-electron chi connectivity index (χ0n) is 5.15. The molecule has 0 aromatic rings. The van der Waals surface area contributed by atoms with Gasteiger partial charge in [0.1, 0.15) is 0 Å². The van der Waals surface area contributed by atoms with Gasteiger partial charge in [0.25, 0.3) is 0 Å². The van der Waals surface area contributed by atoms with Crippen molar-refractivity contribution in [3.05, 3.63) is 6.92 Å². The maximum atomic E-state index is 6.50. The number of hydrogen-bond donors (Lipinski definition) is 0. The molecule has 0 aromatic heterocycles. The molecule has 0 spiro atoms. The van der Waals surface area contributed by atoms with Gasteiger partial charge in [-0.1, -0.05) is 13.3 Å². The summed E-state index contributed by atoms with van der Waals surface area (Å²) >= 11 is 0. The maximum Gasteiger partial charge on any atom is 1.00 e. The number of hydrogen-bond acceptors (Lipinski definition) is 1. The Labute approximate surface area is 57.9 Å². The summed E-state index contributed by atoms with van der Waals surface area (Å²) in [5.74, 6) is 0. The van der Waals surface area contributed by atoms with Gasteiger partial charge in [-0.2, -0.15) is 6.42 Å². The average Bonchev–Trinajstić information content (AvgIpc) is 1.72. The fraction of sp³-hybridized carbons (Fsp3) is 0.600. The Balaban J connectivity index is -0.0000000480. The molecule has 0 aliphatic heterocycles. The number of nitriles is 1. The monoisotopic (exact) mass is 91.1 g/mol. The van der Waals surface area contributed by atoms with Crippen LogP contribution in [0.5, 0.6) is 0 Å². The van der Waals surface area contributed by atoms with Crippen molar-refractivity contribution >= 4 is 0 Å². The second kappa shape index (κ2) is 36.2. The third kappa shape index (κ3) is 86.0. The molecule has 0 radical (unpaired) electrons. The van der Waals surface area contributed by atoms with Gasteiger partial charge in [0.2, 0.25) is 0 Å². The van der Waals surface area contributed by atoms with E-state index in [1.165, 1.54) is 6.42 Å². The predicted molar refractivity (Wildman–Crippen MR) is 26.9 cm³/mol. The molecular weight excluding hydrogens is 81.0 g/mol. The molecule has 0 saturated carbocycles. The van der Waals surface area contributed by atoms with E-state index in [2.05, 4.69) is 20.4 Å². The molecule has 2 heteroatoms. The van der Waals surface area contributed by atoms with Crippen LogP contribution in [-0.2, 0) is 0 Å². The zero-order valence-corrected chi connectivity index (χ0v) is 5.15. The van der Waals surface area contributed by atoms with Crippen LogP contribution in [0.15, 0.2) is 0 Å². The largest absolute Gasteiger partial charge is 1.00 e. The first kappa shape index (κ1) is 15.7. The molecule has 0 atom stereocenters. The summed E-state index contributed by atoms with van der Waals surface area (Å²) in [6.07, 6.45) is 2.28. The minimum Gasteiger partial charge on any atom is -0.343 e. The van der Waals surface area contributed by atoms with Crippen molar-refractivity contribution in [2.45, 2.75) is 19.8 Å². The normalized spacial score (nSPS) is 4.57. The molecule has 0 unspecified atom stereocenters. The predicted octanol–water partition coefficient (Wildman–Crippen LogP) is -1.24. The van der Waals surface area contributed by atoms with Crippen molar-refractivity contribution in [3.63, 3.8) is 0 Å². The van der Waals surface area contributed by atoms with Gasteiger partial charge >= 0.3 is 18.9 Å². The van der Waals surface area contributed by atoms with E-state index < -0.39 is 0 Å². The minimum absolute atomic E-state index is 0. The smallest absolute Gasteiger partial charge is 0.343 e. The van der Waals surface area contributed by atoms with E-state index >= 15 is 0 Å². The molecular formula is C5H10LiN. The Bertz CT molecular complexity index is 24.5. The fourth-order valence-electron chi connectivity index (χ4n) is 0. The van der Waals surface area contributed by atoms with Crippen molar-refractivity contribution in [1.82, 2.24) is 0 Å². The SMILES string of the molecule is C#N.[CH2-]CCC.[Li+]. The Morgan fingerprint density at radius 3 is 1.71 bits per heavy atom. The van der Waals surface area contributed by atoms with E-state index in [-0.39, 0.29) is 18.9 Å². The van der Waals surface area contributed by atoms with Gasteiger partial charge in [0.05, 0.1) is 0 Å². The van der Waals surface area contributed by atoms with Crippen molar-refractivity contribution < 1.29 is 18.9 Å². The Hall–Kier alpha value is 0.0874. The maximum absolute atomic E-state index is 6.50. The van der Waals surface area contributed by atoms with E-state index in [1.807, 2.05) is 0 Å². The van der Waals surface area contributed by atoms with Crippen LogP contribution < -0.4 is 18.9 Å². The van der Waals surface area contributed by atoms with Crippen molar-refractivity contribution in [3.8, 4) is 6.57 Å². The van der Waals surface area contributed by atoms with Gasteiger partial charge in [-0.3, -0.25) is 0 Å². The van der Waals surface area contributed by atoms with Crippen LogP contribution >= 0.6 is 0 Å². The van der Waals surface area contributed by atoms with Crippen LogP contribution in [0.25, 0.3) is 0 Å². The van der Waals surface area contributed by atoms with Crippen molar-refractivity contribution in [1.29, 1.82) is 5.26 Å². The fourth-order valence-corrected chi connectivity index (χ4v) is 0. The van der Waals surface area contributed by atoms with E-state index in [0.29, 0.717) is 0 Å². The second-order valence-electron chi connectivity index (χ2n) is 0.854. The molecule has 0 aliphatic carbocycles. The standard InChI is InChI=1S/C4H9.CHN.Li/c1-3-4-2;1-2;/h1,3-4H2,2H3;1H;/q-1;;+1. The third-order valence-electron chi connectivity index (χ3n) is 0.354. The van der Waals surface area contributed by atoms with Crippen LogP contribution in [0, 0.1) is 18.8 Å². The van der Waals surface area contributed by atoms with Crippen LogP contribution in [0.2, 0.25) is 0 Å². The Morgan fingerprint density at radius 1 is 1.57 bits per heavy atom. The second-order valence-corrected chi connectivity index (χ2v) is 0.854. The first-order chi connectivity index (χ1) is 2.91. The van der Waals surface area contributed by atoms with Gasteiger partial charge in [0, 0.05) is 6.57 Å². The summed E-state index contributed by atoms with van der Waals surface area (Å²) < 4.78 is 0. The Kier molecular flexibility index (Phi) is 81.2. The summed E-state index contributed by atoms with van der Waals surface area (Å²) in [7, 11) is 0. The van der Waals surface area contributed by atoms with Crippen molar-refractivity contribution in [2.75, 3.05) is 0 Å². The molecule has 0 N–H and O–H groups in total. The molecule has 0 aliphatic rings. The van der Waals surface area contributed by atoms with Crippen LogP contribution in [0.1, 0.15) is 19.8 Å². The number of rotatable bonds is 1. The topological polar surface area (TPSA) is 23.8 Å². The average molecular weight is 91.1 g/mol. The van der Waals surface area contributed by atoms with E-state index in [1.54, 1.807) is 0 Å². The first-order valence-corrected chi connectivity index (χ1v) is 1.97. The zero-order chi connectivity index (χ0) is 5.41. The molecule has 1 nitrogen and oxygen atoms in total. The van der Waals surface area contributed by atoms with E-state index in [9.17, 15) is 0 Å². The number of nitrogens with zero attached hydrogens (tertiary/aromatic N) is 1. The van der Waals surface area contributed by atoms with Crippen LogP contribution in [0.4, 0.5) is 0 Å². The van der Waals surface area contributed by atoms with Crippen LogP contribution in [-0.4, -0.2) is 0 Å². The van der Waals surface area contributed by atoms with Crippen molar-refractivity contribution in [2.24, 2.45) is 0 Å². The molecule has 0 saturated heterocycles. The van der Waals surface area contributed by atoms with Gasteiger partial charge in [-0.15, -0.1) is 0 Å². The van der Waals surface area contributed by atoms with Gasteiger partial charge in [-0.25, -0.2) is 5.26 Å². The summed E-state index contributed by atoms with van der Waals surface area (Å²) in [5, 5.41) is 6.50. The van der Waals surface area contributed by atoms with Crippen LogP contribution in [0.3, 0.4) is 0 Å². The molecule has 0 rings (SSSR count). The summed E-state index contributed by atoms with van der Waals surface area (Å²) in [6.45, 7) is 9.22. The first-order valence-electron chi connectivity index (χ1n) is 1.97. The molecule has 0 amide bonds. The summed E-state index contributed by atoms with van der Waals surface area (Å²) in [6, 6.07) is 0. The molecule has 0 aromatic carbocycles. The third-order valence-corrected chi connectivity index (χ3v) is 0.354. The van der Waals surface area contributed by atoms with Gasteiger partial charge in [0.15, 0.2) is 0 Å². The van der Waals surface area contributed by atoms with Gasteiger partial charge in [-0.05, 0) is 0 Å². The number of unbranched alkanes of at least 4 members (excludes halogenated alkanes) is 1. The quantitative estimate of drug-likeness (QED) is 0.292. The summed E-state index contributed by atoms with van der Waals surface area (Å²) in [5.41, 5.74) is 0. The molecule has 36 valence electrons. The summed E-state index contributed by atoms with van der Waals surface area (Å²) in [4.78, 5) is 0. The molecule has 0 bridgehead atoms. The van der Waals surface area contributed by atoms with E-state index in [0.717, 1.165) is 6.42 Å². The molecule has 0 fully saturated rings. The minimum atomic E-state index is 0. The molecule has 0 heterocycles. The Morgan fingerprint density at radius 2 is 1.71 bits per heavy atom. The molecule has 7 heavy (non-hydrogen) atoms. The van der Waals surface area contributed by atoms with Gasteiger partial charge < -0.3 is 6.92 Å².